The van der Waals surface area contributed by atoms with Crippen LogP contribution in [-0.4, -0.2) is 5.97 Å². The summed E-state index contributed by atoms with van der Waals surface area (Å²) < 4.78 is 9.39. The Balaban J connectivity index is 3.07. The van der Waals surface area contributed by atoms with Crippen LogP contribution in [0.15, 0.2) is 34.5 Å². The van der Waals surface area contributed by atoms with Gasteiger partial charge in [0.1, 0.15) is 6.61 Å². The summed E-state index contributed by atoms with van der Waals surface area (Å²) in [5.41, 5.74) is 0.842. The summed E-state index contributed by atoms with van der Waals surface area (Å²) in [7, 11) is 0. The predicted octanol–water partition coefficient (Wildman–Crippen LogP) is 6.12. The van der Waals surface area contributed by atoms with Crippen LogP contribution in [0.1, 0.15) is 12.5 Å². The SMILES string of the molecule is CC=CC(=O)OCc1c(Br)c(Br)c(Br)c(Br)c1Br. The third kappa shape index (κ3) is 3.91. The molecule has 0 atom stereocenters. The van der Waals surface area contributed by atoms with Gasteiger partial charge in [-0.25, -0.2) is 4.79 Å². The Bertz CT molecular complexity index is 482. The lowest BCUT2D eigenvalue weighted by Gasteiger charge is -2.13. The molecule has 0 aliphatic carbocycles. The zero-order valence-electron chi connectivity index (χ0n) is 9.07. The Morgan fingerprint density at radius 2 is 1.44 bits per heavy atom. The molecule has 0 heterocycles. The van der Waals surface area contributed by atoms with Crippen molar-refractivity contribution in [2.24, 2.45) is 0 Å². The molecule has 0 radical (unpaired) electrons. The minimum atomic E-state index is -0.369. The molecule has 0 aromatic heterocycles. The van der Waals surface area contributed by atoms with Crippen molar-refractivity contribution in [2.75, 3.05) is 0 Å². The van der Waals surface area contributed by atoms with Crippen molar-refractivity contribution < 1.29 is 9.53 Å². The number of ether oxygens (including phenoxy) is 1. The van der Waals surface area contributed by atoms with E-state index < -0.39 is 0 Å². The largest absolute Gasteiger partial charge is 0.458 e. The van der Waals surface area contributed by atoms with Crippen molar-refractivity contribution in [2.45, 2.75) is 13.5 Å². The molecule has 0 aliphatic rings. The Labute approximate surface area is 147 Å². The molecule has 1 aromatic carbocycles. The smallest absolute Gasteiger partial charge is 0.330 e. The standard InChI is InChI=1S/C11H7Br5O2/c1-2-3-6(17)18-4-5-7(12)9(14)11(16)10(15)8(5)13/h2-3H,4H2,1H3. The van der Waals surface area contributed by atoms with Crippen molar-refractivity contribution >= 4 is 85.6 Å². The molecule has 0 aliphatic heterocycles. The van der Waals surface area contributed by atoms with Gasteiger partial charge < -0.3 is 4.74 Å². The number of allylic oxidation sites excluding steroid dienone is 1. The fraction of sp³-hybridized carbons (Fsp3) is 0.182. The molecule has 1 rings (SSSR count). The lowest BCUT2D eigenvalue weighted by atomic mass is 10.2. The van der Waals surface area contributed by atoms with E-state index in [2.05, 4.69) is 79.6 Å². The minimum absolute atomic E-state index is 0.175. The lowest BCUT2D eigenvalue weighted by molar-refractivity contribution is -0.139. The second-order valence-corrected chi connectivity index (χ2v) is 7.12. The summed E-state index contributed by atoms with van der Waals surface area (Å²) >= 11 is 17.3. The summed E-state index contributed by atoms with van der Waals surface area (Å²) in [6.45, 7) is 1.94. The molecule has 18 heavy (non-hydrogen) atoms. The zero-order chi connectivity index (χ0) is 13.9. The van der Waals surface area contributed by atoms with E-state index >= 15 is 0 Å². The summed E-state index contributed by atoms with van der Waals surface area (Å²) in [6, 6.07) is 0. The molecule has 0 saturated carbocycles. The second kappa shape index (κ2) is 7.57. The molecular formula is C11H7Br5O2. The maximum atomic E-state index is 11.3. The normalized spacial score (nSPS) is 11.0. The molecule has 7 heteroatoms. The Morgan fingerprint density at radius 1 is 1.00 bits per heavy atom. The molecule has 0 amide bonds. The van der Waals surface area contributed by atoms with Gasteiger partial charge >= 0.3 is 5.97 Å². The first-order valence-electron chi connectivity index (χ1n) is 4.69. The van der Waals surface area contributed by atoms with Crippen LogP contribution in [0.25, 0.3) is 0 Å². The first kappa shape index (κ1) is 16.9. The highest BCUT2D eigenvalue weighted by Crippen LogP contribution is 2.44. The predicted molar refractivity (Wildman–Crippen MR) is 89.6 cm³/mol. The summed E-state index contributed by atoms with van der Waals surface area (Å²) in [5, 5.41) is 0. The van der Waals surface area contributed by atoms with Gasteiger partial charge in [0.25, 0.3) is 0 Å². The molecule has 1 aromatic rings. The highest BCUT2D eigenvalue weighted by molar-refractivity contribution is 9.15. The van der Waals surface area contributed by atoms with Crippen molar-refractivity contribution in [1.29, 1.82) is 0 Å². The number of benzene rings is 1. The first-order valence-corrected chi connectivity index (χ1v) is 8.66. The van der Waals surface area contributed by atoms with E-state index in [1.165, 1.54) is 6.08 Å². The van der Waals surface area contributed by atoms with Crippen LogP contribution in [-0.2, 0) is 16.1 Å². The van der Waals surface area contributed by atoms with E-state index in [4.69, 9.17) is 4.74 Å². The molecule has 0 bridgehead atoms. The summed E-state index contributed by atoms with van der Waals surface area (Å²) in [4.78, 5) is 11.3. The Morgan fingerprint density at radius 3 is 1.89 bits per heavy atom. The molecule has 0 spiro atoms. The van der Waals surface area contributed by atoms with Gasteiger partial charge in [0.15, 0.2) is 0 Å². The van der Waals surface area contributed by atoms with Crippen molar-refractivity contribution in [3.63, 3.8) is 0 Å². The number of carbonyl (C=O) groups is 1. The van der Waals surface area contributed by atoms with Crippen molar-refractivity contribution in [3.05, 3.63) is 40.1 Å². The summed E-state index contributed by atoms with van der Waals surface area (Å²) in [5.74, 6) is -0.369. The maximum absolute atomic E-state index is 11.3. The molecule has 2 nitrogen and oxygen atoms in total. The van der Waals surface area contributed by atoms with E-state index in [9.17, 15) is 4.79 Å². The van der Waals surface area contributed by atoms with Crippen LogP contribution in [0.4, 0.5) is 0 Å². The third-order valence-electron chi connectivity index (χ3n) is 1.96. The molecule has 0 fully saturated rings. The highest BCUT2D eigenvalue weighted by Gasteiger charge is 2.18. The van der Waals surface area contributed by atoms with Gasteiger partial charge in [0.2, 0.25) is 0 Å². The van der Waals surface area contributed by atoms with E-state index in [-0.39, 0.29) is 12.6 Å². The quantitative estimate of drug-likeness (QED) is 0.190. The zero-order valence-corrected chi connectivity index (χ0v) is 17.0. The average Bonchev–Trinajstić information content (AvgIpc) is 2.34. The van der Waals surface area contributed by atoms with Crippen LogP contribution in [0, 0.1) is 0 Å². The number of rotatable bonds is 3. The van der Waals surface area contributed by atoms with Crippen LogP contribution < -0.4 is 0 Å². The molecule has 98 valence electrons. The fourth-order valence-electron chi connectivity index (χ4n) is 1.10. The van der Waals surface area contributed by atoms with Gasteiger partial charge in [0.05, 0.1) is 0 Å². The van der Waals surface area contributed by atoms with Gasteiger partial charge in [-0.05, 0) is 86.6 Å². The number of halogens is 5. The Kier molecular flexibility index (Phi) is 7.10. The number of hydrogen-bond acceptors (Lipinski definition) is 2. The monoisotopic (exact) mass is 566 g/mol. The van der Waals surface area contributed by atoms with E-state index in [0.717, 1.165) is 27.9 Å². The minimum Gasteiger partial charge on any atom is -0.458 e. The topological polar surface area (TPSA) is 26.3 Å². The first-order chi connectivity index (χ1) is 8.40. The van der Waals surface area contributed by atoms with Crippen LogP contribution in [0.2, 0.25) is 0 Å². The third-order valence-corrected chi connectivity index (χ3v) is 8.22. The number of esters is 1. The number of carbonyl (C=O) groups excluding carboxylic acids is 1. The van der Waals surface area contributed by atoms with Crippen LogP contribution in [0.5, 0.6) is 0 Å². The average molecular weight is 571 g/mol. The van der Waals surface area contributed by atoms with Gasteiger partial charge in [0, 0.05) is 34.0 Å². The van der Waals surface area contributed by atoms with E-state index in [1.54, 1.807) is 13.0 Å². The highest BCUT2D eigenvalue weighted by atomic mass is 79.9. The van der Waals surface area contributed by atoms with Gasteiger partial charge in [-0.1, -0.05) is 6.08 Å². The maximum Gasteiger partial charge on any atom is 0.330 e. The fourth-order valence-corrected chi connectivity index (χ4v) is 4.46. The van der Waals surface area contributed by atoms with E-state index in [0.29, 0.717) is 0 Å². The molecule has 0 unspecified atom stereocenters. The van der Waals surface area contributed by atoms with Crippen LogP contribution >= 0.6 is 79.6 Å². The summed E-state index contributed by atoms with van der Waals surface area (Å²) in [6.07, 6.45) is 3.02. The van der Waals surface area contributed by atoms with Crippen LogP contribution in [0.3, 0.4) is 0 Å². The second-order valence-electron chi connectivity index (χ2n) is 3.16. The lowest BCUT2D eigenvalue weighted by Crippen LogP contribution is -2.03. The molecule has 0 N–H and O–H groups in total. The van der Waals surface area contributed by atoms with Gasteiger partial charge in [-0.15, -0.1) is 0 Å². The molecule has 0 saturated heterocycles. The molecular weight excluding hydrogens is 564 g/mol. The van der Waals surface area contributed by atoms with Gasteiger partial charge in [-0.2, -0.15) is 0 Å². The van der Waals surface area contributed by atoms with E-state index in [1.807, 2.05) is 0 Å². The Hall–Kier alpha value is 0.830. The van der Waals surface area contributed by atoms with Gasteiger partial charge in [-0.3, -0.25) is 0 Å². The van der Waals surface area contributed by atoms with Crippen molar-refractivity contribution in [1.82, 2.24) is 0 Å². The van der Waals surface area contributed by atoms with Crippen molar-refractivity contribution in [3.8, 4) is 0 Å². The number of hydrogen-bond donors (Lipinski definition) is 0.